The summed E-state index contributed by atoms with van der Waals surface area (Å²) in [6.45, 7) is 4.83. The summed E-state index contributed by atoms with van der Waals surface area (Å²) in [5.41, 5.74) is 3.85. The average molecular weight is 392 g/mol. The summed E-state index contributed by atoms with van der Waals surface area (Å²) in [7, 11) is 0. The van der Waals surface area contributed by atoms with Crippen molar-refractivity contribution >= 4 is 11.8 Å². The van der Waals surface area contributed by atoms with Gasteiger partial charge in [-0.25, -0.2) is 0 Å². The Bertz CT molecular complexity index is 842. The van der Waals surface area contributed by atoms with Gasteiger partial charge in [0.05, 0.1) is 5.92 Å². The van der Waals surface area contributed by atoms with E-state index in [1.165, 1.54) is 16.7 Å². The zero-order valence-electron chi connectivity index (χ0n) is 16.8. The Morgan fingerprint density at radius 1 is 0.966 bits per heavy atom. The van der Waals surface area contributed by atoms with Gasteiger partial charge in [-0.05, 0) is 29.5 Å². The van der Waals surface area contributed by atoms with Gasteiger partial charge in [0.15, 0.2) is 0 Å². The van der Waals surface area contributed by atoms with Crippen molar-refractivity contribution in [2.24, 2.45) is 5.92 Å². The molecule has 1 N–H and O–H groups in total. The van der Waals surface area contributed by atoms with Gasteiger partial charge in [-0.1, -0.05) is 54.6 Å². The van der Waals surface area contributed by atoms with Crippen molar-refractivity contribution in [2.75, 3.05) is 32.7 Å². The summed E-state index contributed by atoms with van der Waals surface area (Å²) >= 11 is 0. The van der Waals surface area contributed by atoms with E-state index in [2.05, 4.69) is 58.7 Å². The standard InChI is InChI=1S/C24H29N3O2/c28-23-12-11-20(17-25-23)24(29)27-14-6-13-26(15-16-27)18-21-9-4-5-10-22(21)19-7-2-1-3-8-19/h1-5,7-10,20H,6,11-18H2,(H,25,28). The van der Waals surface area contributed by atoms with Gasteiger partial charge in [0, 0.05) is 45.7 Å². The van der Waals surface area contributed by atoms with Crippen molar-refractivity contribution in [2.45, 2.75) is 25.8 Å². The molecule has 5 nitrogen and oxygen atoms in total. The Morgan fingerprint density at radius 3 is 2.55 bits per heavy atom. The number of hydrogen-bond donors (Lipinski definition) is 1. The lowest BCUT2D eigenvalue weighted by atomic mass is 9.97. The summed E-state index contributed by atoms with van der Waals surface area (Å²) < 4.78 is 0. The van der Waals surface area contributed by atoms with E-state index < -0.39 is 0 Å². The summed E-state index contributed by atoms with van der Waals surface area (Å²) in [6, 6.07) is 19.1. The van der Waals surface area contributed by atoms with Gasteiger partial charge in [-0.2, -0.15) is 0 Å². The largest absolute Gasteiger partial charge is 0.355 e. The van der Waals surface area contributed by atoms with Crippen molar-refractivity contribution in [3.63, 3.8) is 0 Å². The van der Waals surface area contributed by atoms with E-state index in [4.69, 9.17) is 0 Å². The number of benzene rings is 2. The van der Waals surface area contributed by atoms with Crippen LogP contribution in [0.1, 0.15) is 24.8 Å². The smallest absolute Gasteiger partial charge is 0.227 e. The summed E-state index contributed by atoms with van der Waals surface area (Å²) in [6.07, 6.45) is 2.13. The third kappa shape index (κ3) is 4.85. The fourth-order valence-corrected chi connectivity index (χ4v) is 4.35. The monoisotopic (exact) mass is 391 g/mol. The molecule has 5 heteroatoms. The van der Waals surface area contributed by atoms with Crippen LogP contribution in [-0.4, -0.2) is 54.3 Å². The van der Waals surface area contributed by atoms with Gasteiger partial charge in [0.1, 0.15) is 0 Å². The van der Waals surface area contributed by atoms with Gasteiger partial charge in [0.25, 0.3) is 0 Å². The molecule has 0 saturated carbocycles. The highest BCUT2D eigenvalue weighted by Crippen LogP contribution is 2.25. The first-order chi connectivity index (χ1) is 14.2. The molecule has 2 fully saturated rings. The van der Waals surface area contributed by atoms with Crippen LogP contribution in [0.2, 0.25) is 0 Å². The lowest BCUT2D eigenvalue weighted by Crippen LogP contribution is -2.45. The SMILES string of the molecule is O=C1CCC(C(=O)N2CCCN(Cc3ccccc3-c3ccccc3)CC2)CN1. The van der Waals surface area contributed by atoms with Gasteiger partial charge in [-0.3, -0.25) is 14.5 Å². The number of hydrogen-bond acceptors (Lipinski definition) is 3. The minimum atomic E-state index is -0.0574. The van der Waals surface area contributed by atoms with Crippen molar-refractivity contribution in [3.05, 3.63) is 60.2 Å². The number of rotatable bonds is 4. The van der Waals surface area contributed by atoms with E-state index in [1.54, 1.807) is 0 Å². The molecule has 0 radical (unpaired) electrons. The molecule has 2 aromatic rings. The Hall–Kier alpha value is -2.66. The maximum Gasteiger partial charge on any atom is 0.227 e. The molecule has 2 saturated heterocycles. The van der Waals surface area contributed by atoms with Crippen LogP contribution in [-0.2, 0) is 16.1 Å². The van der Waals surface area contributed by atoms with Crippen LogP contribution < -0.4 is 5.32 Å². The van der Waals surface area contributed by atoms with Crippen LogP contribution >= 0.6 is 0 Å². The minimum Gasteiger partial charge on any atom is -0.355 e. The fraction of sp³-hybridized carbons (Fsp3) is 0.417. The lowest BCUT2D eigenvalue weighted by molar-refractivity contribution is -0.137. The van der Waals surface area contributed by atoms with Crippen molar-refractivity contribution in [1.82, 2.24) is 15.1 Å². The Labute approximate surface area is 172 Å². The Balaban J connectivity index is 1.39. The van der Waals surface area contributed by atoms with E-state index in [1.807, 2.05) is 11.0 Å². The topological polar surface area (TPSA) is 52.7 Å². The van der Waals surface area contributed by atoms with Gasteiger partial charge >= 0.3 is 0 Å². The maximum atomic E-state index is 12.9. The highest BCUT2D eigenvalue weighted by atomic mass is 16.2. The molecule has 0 bridgehead atoms. The molecule has 2 aliphatic heterocycles. The second-order valence-electron chi connectivity index (χ2n) is 8.02. The minimum absolute atomic E-state index is 0.0574. The van der Waals surface area contributed by atoms with Crippen molar-refractivity contribution < 1.29 is 9.59 Å². The molecule has 1 atom stereocenters. The second-order valence-corrected chi connectivity index (χ2v) is 8.02. The number of piperidine rings is 1. The molecule has 29 heavy (non-hydrogen) atoms. The summed E-state index contributed by atoms with van der Waals surface area (Å²) in [4.78, 5) is 28.7. The molecule has 1 unspecified atom stereocenters. The number of nitrogens with one attached hydrogen (secondary N) is 1. The highest BCUT2D eigenvalue weighted by molar-refractivity contribution is 5.83. The van der Waals surface area contributed by atoms with Gasteiger partial charge in [-0.15, -0.1) is 0 Å². The fourth-order valence-electron chi connectivity index (χ4n) is 4.35. The number of amides is 2. The van der Waals surface area contributed by atoms with E-state index in [-0.39, 0.29) is 17.7 Å². The maximum absolute atomic E-state index is 12.9. The first-order valence-corrected chi connectivity index (χ1v) is 10.6. The van der Waals surface area contributed by atoms with Crippen LogP contribution in [0, 0.1) is 5.92 Å². The quantitative estimate of drug-likeness (QED) is 0.872. The van der Waals surface area contributed by atoms with Crippen LogP contribution in [0.3, 0.4) is 0 Å². The molecule has 0 aliphatic carbocycles. The third-order valence-corrected chi connectivity index (χ3v) is 6.01. The molecule has 0 spiro atoms. The molecular weight excluding hydrogens is 362 g/mol. The van der Waals surface area contributed by atoms with Crippen molar-refractivity contribution in [1.29, 1.82) is 0 Å². The number of nitrogens with zero attached hydrogens (tertiary/aromatic N) is 2. The zero-order valence-corrected chi connectivity index (χ0v) is 16.8. The van der Waals surface area contributed by atoms with Gasteiger partial charge in [0.2, 0.25) is 11.8 Å². The average Bonchev–Trinajstić information content (AvgIpc) is 3.00. The summed E-state index contributed by atoms with van der Waals surface area (Å²) in [5, 5.41) is 2.83. The molecule has 4 rings (SSSR count). The Morgan fingerprint density at radius 2 is 1.76 bits per heavy atom. The third-order valence-electron chi connectivity index (χ3n) is 6.01. The molecule has 2 aliphatic rings. The van der Waals surface area contributed by atoms with E-state index in [0.717, 1.165) is 39.1 Å². The Kier molecular flexibility index (Phi) is 6.25. The van der Waals surface area contributed by atoms with E-state index in [0.29, 0.717) is 19.4 Å². The van der Waals surface area contributed by atoms with Crippen LogP contribution in [0.25, 0.3) is 11.1 Å². The van der Waals surface area contributed by atoms with Crippen LogP contribution in [0.15, 0.2) is 54.6 Å². The number of carbonyl (C=O) groups is 2. The predicted octanol–water partition coefficient (Wildman–Crippen LogP) is 2.91. The second kappa shape index (κ2) is 9.23. The van der Waals surface area contributed by atoms with E-state index in [9.17, 15) is 9.59 Å². The predicted molar refractivity (Wildman–Crippen MR) is 114 cm³/mol. The first kappa shape index (κ1) is 19.6. The zero-order chi connectivity index (χ0) is 20.1. The molecule has 152 valence electrons. The van der Waals surface area contributed by atoms with Crippen LogP contribution in [0.5, 0.6) is 0 Å². The lowest BCUT2D eigenvalue weighted by Gasteiger charge is -2.28. The normalized spacial score (nSPS) is 20.8. The molecule has 2 amide bonds. The molecule has 0 aromatic heterocycles. The molecule has 2 aromatic carbocycles. The molecule has 2 heterocycles. The van der Waals surface area contributed by atoms with Crippen molar-refractivity contribution in [3.8, 4) is 11.1 Å². The van der Waals surface area contributed by atoms with Crippen LogP contribution in [0.4, 0.5) is 0 Å². The summed E-state index contributed by atoms with van der Waals surface area (Å²) in [5.74, 6) is 0.211. The van der Waals surface area contributed by atoms with E-state index >= 15 is 0 Å². The first-order valence-electron chi connectivity index (χ1n) is 10.6. The molecular formula is C24H29N3O2. The number of carbonyl (C=O) groups excluding carboxylic acids is 2. The van der Waals surface area contributed by atoms with Gasteiger partial charge < -0.3 is 10.2 Å². The highest BCUT2D eigenvalue weighted by Gasteiger charge is 2.29.